The van der Waals surface area contributed by atoms with E-state index >= 15 is 0 Å². The van der Waals surface area contributed by atoms with Crippen molar-refractivity contribution in [2.24, 2.45) is 0 Å². The molecule has 0 aliphatic carbocycles. The largest absolute Gasteiger partial charge is 0.435 e. The lowest BCUT2D eigenvalue weighted by atomic mass is 10.2. The van der Waals surface area contributed by atoms with E-state index in [1.165, 1.54) is 4.68 Å². The Morgan fingerprint density at radius 2 is 1.79 bits per heavy atom. The fraction of sp³-hybridized carbons (Fsp3) is 0.250. The summed E-state index contributed by atoms with van der Waals surface area (Å²) in [4.78, 5) is 0. The van der Waals surface area contributed by atoms with Crippen LogP contribution in [0.3, 0.4) is 0 Å². The molecule has 0 unspecified atom stereocenters. The lowest BCUT2D eigenvalue weighted by Crippen LogP contribution is -2.13. The highest BCUT2D eigenvalue weighted by Crippen LogP contribution is 2.35. The van der Waals surface area contributed by atoms with Gasteiger partial charge in [-0.3, -0.25) is 0 Å². The second-order valence-corrected chi connectivity index (χ2v) is 4.12. The first-order valence-electron chi connectivity index (χ1n) is 5.51. The summed E-state index contributed by atoms with van der Waals surface area (Å²) < 4.78 is 40.0. The summed E-state index contributed by atoms with van der Waals surface area (Å²) in [7, 11) is 0. The van der Waals surface area contributed by atoms with Crippen molar-refractivity contribution in [1.29, 1.82) is 0 Å². The Morgan fingerprint density at radius 3 is 2.42 bits per heavy atom. The smallest absolute Gasteiger partial charge is 0.307 e. The summed E-state index contributed by atoms with van der Waals surface area (Å²) in [6.45, 7) is 0.629. The highest BCUT2D eigenvalue weighted by molar-refractivity contribution is 5.85. The summed E-state index contributed by atoms with van der Waals surface area (Å²) >= 11 is 0. The van der Waals surface area contributed by atoms with Gasteiger partial charge in [0.2, 0.25) is 0 Å². The molecule has 102 valence electrons. The van der Waals surface area contributed by atoms with Gasteiger partial charge in [0, 0.05) is 18.7 Å². The molecule has 1 aliphatic rings. The first-order chi connectivity index (χ1) is 8.57. The summed E-state index contributed by atoms with van der Waals surface area (Å²) in [5.41, 5.74) is 0.708. The predicted molar refractivity (Wildman–Crippen MR) is 66.4 cm³/mol. The van der Waals surface area contributed by atoms with E-state index in [1.807, 2.05) is 6.07 Å². The van der Waals surface area contributed by atoms with Crippen molar-refractivity contribution in [1.82, 2.24) is 15.1 Å². The zero-order valence-corrected chi connectivity index (χ0v) is 10.6. The topological polar surface area (TPSA) is 29.9 Å². The van der Waals surface area contributed by atoms with Crippen LogP contribution < -0.4 is 5.32 Å². The van der Waals surface area contributed by atoms with Gasteiger partial charge in [0.25, 0.3) is 0 Å². The van der Waals surface area contributed by atoms with Gasteiger partial charge in [-0.25, -0.2) is 4.68 Å². The van der Waals surface area contributed by atoms with Crippen molar-refractivity contribution in [3.05, 3.63) is 47.3 Å². The van der Waals surface area contributed by atoms with Gasteiger partial charge in [-0.2, -0.15) is 18.3 Å². The molecule has 0 fully saturated rings. The Balaban J connectivity index is 0.00000133. The van der Waals surface area contributed by atoms with E-state index in [9.17, 15) is 13.2 Å². The number of nitrogens with zero attached hydrogens (tertiary/aromatic N) is 2. The monoisotopic (exact) mass is 289 g/mol. The van der Waals surface area contributed by atoms with Crippen molar-refractivity contribution in [2.75, 3.05) is 0 Å². The van der Waals surface area contributed by atoms with Gasteiger partial charge in [-0.1, -0.05) is 18.2 Å². The molecule has 0 amide bonds. The molecule has 1 aromatic carbocycles. The Kier molecular flexibility index (Phi) is 3.56. The normalized spacial score (nSPS) is 14.1. The molecule has 0 radical (unpaired) electrons. The van der Waals surface area contributed by atoms with Crippen molar-refractivity contribution >= 4 is 12.4 Å². The minimum Gasteiger partial charge on any atom is -0.307 e. The fourth-order valence-electron chi connectivity index (χ4n) is 2.17. The van der Waals surface area contributed by atoms with Crippen LogP contribution in [0.25, 0.3) is 5.69 Å². The molecule has 0 saturated heterocycles. The van der Waals surface area contributed by atoms with Crippen molar-refractivity contribution in [2.45, 2.75) is 19.3 Å². The number of para-hydroxylation sites is 1. The van der Waals surface area contributed by atoms with Crippen LogP contribution in [-0.4, -0.2) is 9.78 Å². The quantitative estimate of drug-likeness (QED) is 0.875. The van der Waals surface area contributed by atoms with E-state index in [0.717, 1.165) is 0 Å². The van der Waals surface area contributed by atoms with Crippen molar-refractivity contribution in [3.8, 4) is 5.69 Å². The van der Waals surface area contributed by atoms with Crippen LogP contribution >= 0.6 is 12.4 Å². The van der Waals surface area contributed by atoms with Crippen LogP contribution in [0.15, 0.2) is 30.3 Å². The lowest BCUT2D eigenvalue weighted by Gasteiger charge is -2.06. The fourth-order valence-corrected chi connectivity index (χ4v) is 2.17. The molecule has 0 bridgehead atoms. The Morgan fingerprint density at radius 1 is 1.11 bits per heavy atom. The average Bonchev–Trinajstić information content (AvgIpc) is 2.89. The van der Waals surface area contributed by atoms with E-state index < -0.39 is 11.9 Å². The molecule has 0 spiro atoms. The molecule has 0 saturated carbocycles. The van der Waals surface area contributed by atoms with Gasteiger partial charge < -0.3 is 5.32 Å². The number of fused-ring (bicyclic) bond motifs is 1. The van der Waals surface area contributed by atoms with Crippen LogP contribution in [0, 0.1) is 0 Å². The van der Waals surface area contributed by atoms with Crippen LogP contribution in [0.4, 0.5) is 13.2 Å². The summed E-state index contributed by atoms with van der Waals surface area (Å²) in [6.07, 6.45) is -4.41. The van der Waals surface area contributed by atoms with E-state index in [2.05, 4.69) is 10.4 Å². The highest BCUT2D eigenvalue weighted by atomic mass is 35.5. The van der Waals surface area contributed by atoms with E-state index in [1.54, 1.807) is 24.3 Å². The molecule has 2 aromatic rings. The molecule has 3 rings (SSSR count). The maximum atomic E-state index is 12.9. The molecular formula is C12H11ClF3N3. The van der Waals surface area contributed by atoms with Crippen LogP contribution in [0.1, 0.15) is 17.0 Å². The number of nitrogens with one attached hydrogen (secondary N) is 1. The second-order valence-electron chi connectivity index (χ2n) is 4.12. The molecule has 1 N–H and O–H groups in total. The molecule has 0 atom stereocenters. The van der Waals surface area contributed by atoms with Crippen molar-refractivity contribution in [3.63, 3.8) is 0 Å². The molecule has 1 aliphatic heterocycles. The van der Waals surface area contributed by atoms with Gasteiger partial charge in [0.05, 0.1) is 11.4 Å². The molecule has 2 heterocycles. The first kappa shape index (κ1) is 13.9. The molecule has 19 heavy (non-hydrogen) atoms. The molecule has 7 heteroatoms. The summed E-state index contributed by atoms with van der Waals surface area (Å²) in [6, 6.07) is 8.85. The number of aromatic nitrogens is 2. The van der Waals surface area contributed by atoms with Crippen molar-refractivity contribution < 1.29 is 13.2 Å². The minimum atomic E-state index is -4.41. The third-order valence-electron chi connectivity index (χ3n) is 2.95. The zero-order chi connectivity index (χ0) is 12.8. The van der Waals surface area contributed by atoms with Gasteiger partial charge in [0.1, 0.15) is 0 Å². The van der Waals surface area contributed by atoms with Gasteiger partial charge in [-0.05, 0) is 12.1 Å². The third kappa shape index (κ3) is 2.33. The maximum absolute atomic E-state index is 12.9. The standard InChI is InChI=1S/C12H10F3N3.ClH/c13-12(14,15)11-9-6-16-7-10(9)18(17-11)8-4-2-1-3-5-8;/h1-5,16H,6-7H2;1H. The number of hydrogen-bond acceptors (Lipinski definition) is 2. The van der Waals surface area contributed by atoms with E-state index in [0.29, 0.717) is 17.9 Å². The lowest BCUT2D eigenvalue weighted by molar-refractivity contribution is -0.142. The highest BCUT2D eigenvalue weighted by Gasteiger charge is 2.40. The Hall–Kier alpha value is -1.53. The average molecular weight is 290 g/mol. The molecule has 3 nitrogen and oxygen atoms in total. The maximum Gasteiger partial charge on any atom is 0.435 e. The van der Waals surface area contributed by atoms with Crippen LogP contribution in [-0.2, 0) is 19.3 Å². The first-order valence-corrected chi connectivity index (χ1v) is 5.51. The number of benzene rings is 1. The minimum absolute atomic E-state index is 0. The van der Waals surface area contributed by atoms with Crippen LogP contribution in [0.2, 0.25) is 0 Å². The predicted octanol–water partition coefficient (Wildman–Crippen LogP) is 2.92. The van der Waals surface area contributed by atoms with Crippen LogP contribution in [0.5, 0.6) is 0 Å². The van der Waals surface area contributed by atoms with E-state index in [-0.39, 0.29) is 24.5 Å². The van der Waals surface area contributed by atoms with E-state index in [4.69, 9.17) is 0 Å². The second kappa shape index (κ2) is 4.86. The third-order valence-corrected chi connectivity index (χ3v) is 2.95. The molecular weight excluding hydrogens is 279 g/mol. The number of alkyl halides is 3. The summed E-state index contributed by atoms with van der Waals surface area (Å²) in [5, 5.41) is 6.65. The van der Waals surface area contributed by atoms with Gasteiger partial charge >= 0.3 is 6.18 Å². The number of hydrogen-bond donors (Lipinski definition) is 1. The number of halogens is 4. The SMILES string of the molecule is Cl.FC(F)(F)c1nn(-c2ccccc2)c2c1CNC2. The van der Waals surface area contributed by atoms with Gasteiger partial charge in [-0.15, -0.1) is 12.4 Å². The molecule has 1 aromatic heterocycles. The summed E-state index contributed by atoms with van der Waals surface area (Å²) in [5.74, 6) is 0. The Labute approximate surface area is 113 Å². The zero-order valence-electron chi connectivity index (χ0n) is 9.74. The number of rotatable bonds is 1. The van der Waals surface area contributed by atoms with Gasteiger partial charge in [0.15, 0.2) is 5.69 Å². The Bertz CT molecular complexity index is 578.